The van der Waals surface area contributed by atoms with Crippen molar-refractivity contribution in [2.75, 3.05) is 34.4 Å². The zero-order valence-electron chi connectivity index (χ0n) is 17.3. The molecule has 2 aromatic carbocycles. The van der Waals surface area contributed by atoms with E-state index in [0.717, 1.165) is 13.1 Å². The van der Waals surface area contributed by atoms with Gasteiger partial charge in [-0.1, -0.05) is 30.3 Å². The van der Waals surface area contributed by atoms with Gasteiger partial charge in [0.05, 0.1) is 20.8 Å². The average Bonchev–Trinajstić information content (AvgIpc) is 2.75. The molecule has 30 heavy (non-hydrogen) atoms. The number of esters is 1. The number of benzene rings is 2. The van der Waals surface area contributed by atoms with E-state index in [9.17, 15) is 9.59 Å². The van der Waals surface area contributed by atoms with Gasteiger partial charge in [-0.2, -0.15) is 0 Å². The summed E-state index contributed by atoms with van der Waals surface area (Å²) >= 11 is 0. The van der Waals surface area contributed by atoms with E-state index in [1.54, 1.807) is 12.1 Å². The molecule has 0 bridgehead atoms. The third kappa shape index (κ3) is 5.18. The van der Waals surface area contributed by atoms with Gasteiger partial charge in [0.2, 0.25) is 0 Å². The lowest BCUT2D eigenvalue weighted by Gasteiger charge is -2.16. The molecule has 1 heterocycles. The van der Waals surface area contributed by atoms with Crippen molar-refractivity contribution in [2.45, 2.75) is 13.0 Å². The molecule has 0 aliphatic rings. The maximum atomic E-state index is 12.4. The third-order valence-corrected chi connectivity index (χ3v) is 4.67. The van der Waals surface area contributed by atoms with Crippen molar-refractivity contribution in [3.05, 3.63) is 70.1 Å². The first-order valence-corrected chi connectivity index (χ1v) is 9.61. The molecular formula is C23H25NO6. The second-order valence-electron chi connectivity index (χ2n) is 6.91. The fourth-order valence-electron chi connectivity index (χ4n) is 3.14. The number of hydrogen-bond donors (Lipinski definition) is 0. The highest BCUT2D eigenvalue weighted by atomic mass is 16.5. The van der Waals surface area contributed by atoms with E-state index in [1.807, 2.05) is 25.2 Å². The number of ether oxygens (including phenoxy) is 3. The minimum absolute atomic E-state index is 0.146. The molecule has 0 fully saturated rings. The summed E-state index contributed by atoms with van der Waals surface area (Å²) in [4.78, 5) is 26.7. The summed E-state index contributed by atoms with van der Waals surface area (Å²) in [6.07, 6.45) is 0.652. The van der Waals surface area contributed by atoms with Gasteiger partial charge in [-0.3, -0.25) is 0 Å². The molecule has 0 aliphatic carbocycles. The second-order valence-corrected chi connectivity index (χ2v) is 6.91. The van der Waals surface area contributed by atoms with Crippen molar-refractivity contribution >= 4 is 16.9 Å². The van der Waals surface area contributed by atoms with Crippen LogP contribution in [0.1, 0.15) is 22.3 Å². The summed E-state index contributed by atoms with van der Waals surface area (Å²) in [6.45, 7) is 1.78. The lowest BCUT2D eigenvalue weighted by Crippen LogP contribution is -2.22. The molecule has 3 rings (SSSR count). The van der Waals surface area contributed by atoms with Crippen molar-refractivity contribution in [3.63, 3.8) is 0 Å². The quantitative estimate of drug-likeness (QED) is 0.303. The van der Waals surface area contributed by atoms with Crippen molar-refractivity contribution < 1.29 is 23.4 Å². The molecule has 0 spiro atoms. The van der Waals surface area contributed by atoms with E-state index < -0.39 is 11.6 Å². The van der Waals surface area contributed by atoms with Crippen LogP contribution in [0.4, 0.5) is 0 Å². The Bertz CT molecular complexity index is 1060. The lowest BCUT2D eigenvalue weighted by atomic mass is 10.1. The topological polar surface area (TPSA) is 78.2 Å². The number of nitrogens with zero attached hydrogens (tertiary/aromatic N) is 1. The molecule has 0 saturated heterocycles. The summed E-state index contributed by atoms with van der Waals surface area (Å²) in [5, 5.41) is 0.543. The molecule has 0 amide bonds. The molecule has 0 radical (unpaired) electrons. The summed E-state index contributed by atoms with van der Waals surface area (Å²) in [5.41, 5.74) is 0.628. The fourth-order valence-corrected chi connectivity index (χ4v) is 3.14. The maximum Gasteiger partial charge on any atom is 0.351 e. The van der Waals surface area contributed by atoms with E-state index in [-0.39, 0.29) is 12.2 Å². The van der Waals surface area contributed by atoms with E-state index in [0.29, 0.717) is 28.9 Å². The zero-order valence-corrected chi connectivity index (χ0v) is 17.3. The van der Waals surface area contributed by atoms with Crippen LogP contribution in [0.2, 0.25) is 0 Å². The molecule has 1 aromatic heterocycles. The van der Waals surface area contributed by atoms with Crippen LogP contribution < -0.4 is 15.1 Å². The largest absolute Gasteiger partial charge is 0.493 e. The first-order valence-electron chi connectivity index (χ1n) is 9.61. The summed E-state index contributed by atoms with van der Waals surface area (Å²) in [7, 11) is 5.01. The predicted octanol–water partition coefficient (Wildman–Crippen LogP) is 3.49. The minimum atomic E-state index is -0.749. The normalized spacial score (nSPS) is 10.9. The molecule has 7 nitrogen and oxygen atoms in total. The van der Waals surface area contributed by atoms with Gasteiger partial charge < -0.3 is 23.5 Å². The van der Waals surface area contributed by atoms with E-state index in [2.05, 4.69) is 17.0 Å². The number of rotatable bonds is 9. The van der Waals surface area contributed by atoms with Crippen LogP contribution in [0.3, 0.4) is 0 Å². The summed E-state index contributed by atoms with van der Waals surface area (Å²) < 4.78 is 21.0. The zero-order chi connectivity index (χ0) is 21.5. The van der Waals surface area contributed by atoms with Gasteiger partial charge in [0.25, 0.3) is 0 Å². The molecular weight excluding hydrogens is 386 g/mol. The van der Waals surface area contributed by atoms with E-state index >= 15 is 0 Å². The highest BCUT2D eigenvalue weighted by Gasteiger charge is 2.17. The van der Waals surface area contributed by atoms with Crippen LogP contribution in [0, 0.1) is 0 Å². The van der Waals surface area contributed by atoms with Crippen molar-refractivity contribution in [1.29, 1.82) is 0 Å². The van der Waals surface area contributed by atoms with Crippen molar-refractivity contribution in [3.8, 4) is 11.5 Å². The SMILES string of the molecule is COc1cc2cc(C(=O)OCCCN(C)Cc3ccccc3)c(=O)oc2cc1OC. The Morgan fingerprint density at radius 3 is 2.43 bits per heavy atom. The number of carbonyl (C=O) groups excluding carboxylic acids is 1. The Kier molecular flexibility index (Phi) is 7.08. The van der Waals surface area contributed by atoms with Gasteiger partial charge in [0.1, 0.15) is 11.1 Å². The van der Waals surface area contributed by atoms with Crippen LogP contribution in [-0.2, 0) is 11.3 Å². The smallest absolute Gasteiger partial charge is 0.351 e. The highest BCUT2D eigenvalue weighted by Crippen LogP contribution is 2.31. The Labute approximate surface area is 174 Å². The van der Waals surface area contributed by atoms with E-state index in [1.165, 1.54) is 25.8 Å². The van der Waals surface area contributed by atoms with Gasteiger partial charge in [0, 0.05) is 24.5 Å². The summed E-state index contributed by atoms with van der Waals surface area (Å²) in [6, 6.07) is 14.8. The van der Waals surface area contributed by atoms with Crippen LogP contribution in [-0.4, -0.2) is 45.3 Å². The second kappa shape index (κ2) is 9.93. The summed E-state index contributed by atoms with van der Waals surface area (Å²) in [5.74, 6) is 0.203. The molecule has 7 heteroatoms. The van der Waals surface area contributed by atoms with Crippen LogP contribution in [0.25, 0.3) is 11.0 Å². The van der Waals surface area contributed by atoms with Crippen LogP contribution >= 0.6 is 0 Å². The lowest BCUT2D eigenvalue weighted by molar-refractivity contribution is 0.0485. The Hall–Kier alpha value is -3.32. The molecule has 0 N–H and O–H groups in total. The minimum Gasteiger partial charge on any atom is -0.493 e. The monoisotopic (exact) mass is 411 g/mol. The average molecular weight is 411 g/mol. The first kappa shape index (κ1) is 21.4. The standard InChI is InChI=1S/C23H25NO6/c1-24(15-16-8-5-4-6-9-16)10-7-11-29-22(25)18-12-17-13-20(27-2)21(28-3)14-19(17)30-23(18)26/h4-6,8-9,12-14H,7,10-11,15H2,1-3H3. The molecule has 0 aliphatic heterocycles. The molecule has 158 valence electrons. The number of methoxy groups -OCH3 is 2. The van der Waals surface area contributed by atoms with Crippen molar-refractivity contribution in [1.82, 2.24) is 4.90 Å². The predicted molar refractivity (Wildman–Crippen MR) is 113 cm³/mol. The van der Waals surface area contributed by atoms with E-state index in [4.69, 9.17) is 18.6 Å². The molecule has 3 aromatic rings. The molecule has 0 saturated carbocycles. The highest BCUT2D eigenvalue weighted by molar-refractivity contribution is 5.93. The van der Waals surface area contributed by atoms with Gasteiger partial charge >= 0.3 is 11.6 Å². The number of hydrogen-bond acceptors (Lipinski definition) is 7. The number of fused-ring (bicyclic) bond motifs is 1. The maximum absolute atomic E-state index is 12.4. The first-order chi connectivity index (χ1) is 14.5. The third-order valence-electron chi connectivity index (χ3n) is 4.67. The Morgan fingerprint density at radius 2 is 1.73 bits per heavy atom. The fraction of sp³-hybridized carbons (Fsp3) is 0.304. The Morgan fingerprint density at radius 1 is 1.03 bits per heavy atom. The van der Waals surface area contributed by atoms with Gasteiger partial charge in [0.15, 0.2) is 11.5 Å². The Balaban J connectivity index is 1.59. The van der Waals surface area contributed by atoms with Crippen molar-refractivity contribution in [2.24, 2.45) is 0 Å². The van der Waals surface area contributed by atoms with Crippen LogP contribution in [0.5, 0.6) is 11.5 Å². The molecule has 0 unspecified atom stereocenters. The van der Waals surface area contributed by atoms with Gasteiger partial charge in [-0.05, 0) is 31.2 Å². The van der Waals surface area contributed by atoms with Crippen LogP contribution in [0.15, 0.2) is 57.7 Å². The number of carbonyl (C=O) groups is 1. The van der Waals surface area contributed by atoms with Gasteiger partial charge in [-0.25, -0.2) is 9.59 Å². The van der Waals surface area contributed by atoms with Gasteiger partial charge in [-0.15, -0.1) is 0 Å². The molecule has 0 atom stereocenters.